The molecule has 0 aliphatic carbocycles. The molecule has 2 aromatic rings. The van der Waals surface area contributed by atoms with Gasteiger partial charge in [0, 0.05) is 17.1 Å². The number of aliphatic hydroxyl groups is 1. The van der Waals surface area contributed by atoms with Gasteiger partial charge in [-0.2, -0.15) is 0 Å². The van der Waals surface area contributed by atoms with Crippen molar-refractivity contribution in [3.05, 3.63) is 47.0 Å². The Hall–Kier alpha value is -1.52. The van der Waals surface area contributed by atoms with Crippen LogP contribution in [0.4, 0.5) is 0 Å². The van der Waals surface area contributed by atoms with Gasteiger partial charge in [0.2, 0.25) is 0 Å². The summed E-state index contributed by atoms with van der Waals surface area (Å²) in [4.78, 5) is 4.12. The number of nitrogens with zero attached hydrogens (tertiary/aromatic N) is 2. The Morgan fingerprint density at radius 3 is 3.00 bits per heavy atom. The average molecular weight is 281 g/mol. The molecule has 0 saturated carbocycles. The summed E-state index contributed by atoms with van der Waals surface area (Å²) in [6, 6.07) is 5.35. The fourth-order valence-corrected chi connectivity index (χ4v) is 2.12. The van der Waals surface area contributed by atoms with Crippen LogP contribution in [-0.4, -0.2) is 14.7 Å². The lowest BCUT2D eigenvalue weighted by molar-refractivity contribution is 0.255. The molecule has 0 amide bonds. The zero-order valence-electron chi connectivity index (χ0n) is 10.8. The number of aryl methyl sites for hydroxylation is 1. The third-order valence-corrected chi connectivity index (χ3v) is 3.23. The number of hydrogen-bond donors (Lipinski definition) is 1. The van der Waals surface area contributed by atoms with Crippen LogP contribution in [-0.2, 0) is 19.8 Å². The summed E-state index contributed by atoms with van der Waals surface area (Å²) < 4.78 is 7.79. The van der Waals surface area contributed by atoms with E-state index in [9.17, 15) is 5.11 Å². The minimum absolute atomic E-state index is 0.136. The van der Waals surface area contributed by atoms with Crippen LogP contribution in [0, 0.1) is 0 Å². The Balaban J connectivity index is 2.10. The van der Waals surface area contributed by atoms with Crippen LogP contribution < -0.4 is 4.74 Å². The monoisotopic (exact) mass is 280 g/mol. The first-order valence-electron chi connectivity index (χ1n) is 6.26. The number of aliphatic hydroxyl groups excluding tert-OH is 1. The van der Waals surface area contributed by atoms with Gasteiger partial charge in [0.1, 0.15) is 12.4 Å². The maximum absolute atomic E-state index is 9.31. The second-order valence-corrected chi connectivity index (χ2v) is 4.65. The molecule has 0 fully saturated rings. The SMILES string of the molecule is CCCn1cncc1COc1cccc(Cl)c1CO. The molecule has 5 heteroatoms. The molecule has 1 heterocycles. The van der Waals surface area contributed by atoms with Crippen molar-refractivity contribution in [3.8, 4) is 5.75 Å². The van der Waals surface area contributed by atoms with E-state index in [1.165, 1.54) is 0 Å². The van der Waals surface area contributed by atoms with Crippen LogP contribution in [0.25, 0.3) is 0 Å². The molecule has 0 bridgehead atoms. The molecule has 1 aromatic carbocycles. The van der Waals surface area contributed by atoms with E-state index in [0.29, 0.717) is 22.9 Å². The molecular weight excluding hydrogens is 264 g/mol. The summed E-state index contributed by atoms with van der Waals surface area (Å²) in [6.07, 6.45) is 4.63. The summed E-state index contributed by atoms with van der Waals surface area (Å²) in [5, 5.41) is 9.83. The molecule has 0 unspecified atom stereocenters. The number of halogens is 1. The zero-order valence-corrected chi connectivity index (χ0v) is 11.6. The van der Waals surface area contributed by atoms with Gasteiger partial charge < -0.3 is 14.4 Å². The van der Waals surface area contributed by atoms with Gasteiger partial charge in [-0.05, 0) is 18.6 Å². The number of hydrogen-bond acceptors (Lipinski definition) is 3. The summed E-state index contributed by atoms with van der Waals surface area (Å²) >= 11 is 6.01. The van der Waals surface area contributed by atoms with Crippen molar-refractivity contribution in [3.63, 3.8) is 0 Å². The average Bonchev–Trinajstić information content (AvgIpc) is 2.84. The van der Waals surface area contributed by atoms with Gasteiger partial charge in [-0.3, -0.25) is 0 Å². The maximum Gasteiger partial charge on any atom is 0.130 e. The minimum atomic E-state index is -0.136. The molecule has 0 aliphatic heterocycles. The lowest BCUT2D eigenvalue weighted by Gasteiger charge is -2.12. The summed E-state index contributed by atoms with van der Waals surface area (Å²) in [5.41, 5.74) is 1.62. The Morgan fingerprint density at radius 1 is 1.42 bits per heavy atom. The van der Waals surface area contributed by atoms with E-state index < -0.39 is 0 Å². The van der Waals surface area contributed by atoms with E-state index in [2.05, 4.69) is 16.5 Å². The van der Waals surface area contributed by atoms with Crippen LogP contribution >= 0.6 is 11.6 Å². The van der Waals surface area contributed by atoms with Crippen molar-refractivity contribution < 1.29 is 9.84 Å². The fraction of sp³-hybridized carbons (Fsp3) is 0.357. The van der Waals surface area contributed by atoms with E-state index in [4.69, 9.17) is 16.3 Å². The molecule has 0 spiro atoms. The van der Waals surface area contributed by atoms with E-state index in [1.54, 1.807) is 30.7 Å². The largest absolute Gasteiger partial charge is 0.487 e. The Labute approximate surface area is 117 Å². The second kappa shape index (κ2) is 6.59. The lowest BCUT2D eigenvalue weighted by Crippen LogP contribution is -2.06. The molecule has 1 N–H and O–H groups in total. The van der Waals surface area contributed by atoms with Crippen LogP contribution in [0.1, 0.15) is 24.6 Å². The summed E-state index contributed by atoms with van der Waals surface area (Å²) in [7, 11) is 0. The third kappa shape index (κ3) is 3.28. The first-order valence-corrected chi connectivity index (χ1v) is 6.64. The van der Waals surface area contributed by atoms with E-state index in [1.807, 2.05) is 0 Å². The van der Waals surface area contributed by atoms with E-state index in [0.717, 1.165) is 18.7 Å². The summed E-state index contributed by atoms with van der Waals surface area (Å²) in [5.74, 6) is 0.610. The first-order chi connectivity index (χ1) is 9.26. The topological polar surface area (TPSA) is 47.3 Å². The fourth-order valence-electron chi connectivity index (χ4n) is 1.89. The number of benzene rings is 1. The number of imidazole rings is 1. The predicted molar refractivity (Wildman–Crippen MR) is 74.2 cm³/mol. The van der Waals surface area contributed by atoms with Crippen molar-refractivity contribution in [2.75, 3.05) is 0 Å². The number of aromatic nitrogens is 2. The Bertz CT molecular complexity index is 540. The highest BCUT2D eigenvalue weighted by Crippen LogP contribution is 2.26. The molecule has 0 aliphatic rings. The smallest absolute Gasteiger partial charge is 0.130 e. The van der Waals surface area contributed by atoms with Crippen LogP contribution in [0.3, 0.4) is 0 Å². The molecule has 102 valence electrons. The van der Waals surface area contributed by atoms with Gasteiger partial charge in [0.25, 0.3) is 0 Å². The van der Waals surface area contributed by atoms with Crippen LogP contribution in [0.2, 0.25) is 5.02 Å². The minimum Gasteiger partial charge on any atom is -0.487 e. The molecule has 0 saturated heterocycles. The first kappa shape index (κ1) is 13.9. The molecular formula is C14H17ClN2O2. The molecule has 2 rings (SSSR count). The zero-order chi connectivity index (χ0) is 13.7. The van der Waals surface area contributed by atoms with E-state index >= 15 is 0 Å². The Morgan fingerprint density at radius 2 is 2.26 bits per heavy atom. The van der Waals surface area contributed by atoms with Crippen molar-refractivity contribution in [2.45, 2.75) is 33.1 Å². The Kier molecular flexibility index (Phi) is 4.82. The quantitative estimate of drug-likeness (QED) is 0.885. The third-order valence-electron chi connectivity index (χ3n) is 2.87. The standard InChI is InChI=1S/C14H17ClN2O2/c1-2-6-17-10-16-7-11(17)9-19-14-5-3-4-13(15)12(14)8-18/h3-5,7,10,18H,2,6,8-9H2,1H3. The highest BCUT2D eigenvalue weighted by atomic mass is 35.5. The van der Waals surface area contributed by atoms with Crippen molar-refractivity contribution in [1.29, 1.82) is 0 Å². The van der Waals surface area contributed by atoms with Crippen molar-refractivity contribution >= 4 is 11.6 Å². The molecule has 0 atom stereocenters. The van der Waals surface area contributed by atoms with Gasteiger partial charge in [-0.15, -0.1) is 0 Å². The summed E-state index contributed by atoms with van der Waals surface area (Å²) in [6.45, 7) is 3.31. The molecule has 0 radical (unpaired) electrons. The highest BCUT2D eigenvalue weighted by Gasteiger charge is 2.08. The normalized spacial score (nSPS) is 10.7. The van der Waals surface area contributed by atoms with Gasteiger partial charge >= 0.3 is 0 Å². The predicted octanol–water partition coefficient (Wildman–Crippen LogP) is 3.02. The molecule has 19 heavy (non-hydrogen) atoms. The lowest BCUT2D eigenvalue weighted by atomic mass is 10.2. The number of ether oxygens (including phenoxy) is 1. The number of rotatable bonds is 6. The van der Waals surface area contributed by atoms with Gasteiger partial charge in [-0.25, -0.2) is 4.98 Å². The molecule has 1 aromatic heterocycles. The van der Waals surface area contributed by atoms with Crippen LogP contribution in [0.15, 0.2) is 30.7 Å². The van der Waals surface area contributed by atoms with Crippen LogP contribution in [0.5, 0.6) is 5.75 Å². The molecule has 4 nitrogen and oxygen atoms in total. The van der Waals surface area contributed by atoms with Gasteiger partial charge in [0.05, 0.1) is 24.8 Å². The highest BCUT2D eigenvalue weighted by molar-refractivity contribution is 6.31. The van der Waals surface area contributed by atoms with Crippen molar-refractivity contribution in [2.24, 2.45) is 0 Å². The van der Waals surface area contributed by atoms with Crippen molar-refractivity contribution in [1.82, 2.24) is 9.55 Å². The van der Waals surface area contributed by atoms with E-state index in [-0.39, 0.29) is 6.61 Å². The maximum atomic E-state index is 9.31. The second-order valence-electron chi connectivity index (χ2n) is 4.24. The van der Waals surface area contributed by atoms with Gasteiger partial charge in [-0.1, -0.05) is 24.6 Å². The van der Waals surface area contributed by atoms with Gasteiger partial charge in [0.15, 0.2) is 0 Å².